The number of benzene rings is 1. The van der Waals surface area contributed by atoms with E-state index in [9.17, 15) is 4.39 Å². The lowest BCUT2D eigenvalue weighted by Gasteiger charge is -1.95. The minimum Gasteiger partial charge on any atom is -0.328 e. The first kappa shape index (κ1) is 9.69. The highest BCUT2D eigenvalue weighted by Gasteiger charge is 2.09. The van der Waals surface area contributed by atoms with Gasteiger partial charge in [0.15, 0.2) is 5.69 Å². The van der Waals surface area contributed by atoms with Gasteiger partial charge in [-0.05, 0) is 12.1 Å². The van der Waals surface area contributed by atoms with Gasteiger partial charge in [0, 0.05) is 5.56 Å². The second kappa shape index (κ2) is 3.71. The van der Waals surface area contributed by atoms with Crippen LogP contribution >= 0.6 is 11.6 Å². The van der Waals surface area contributed by atoms with Gasteiger partial charge in [-0.3, -0.25) is 0 Å². The molecule has 1 aromatic heterocycles. The molecule has 1 N–H and O–H groups in total. The number of nitrogens with zero attached hydrogens (tertiary/aromatic N) is 2. The second-order valence-corrected chi connectivity index (χ2v) is 3.25. The van der Waals surface area contributed by atoms with E-state index in [0.29, 0.717) is 11.4 Å². The summed E-state index contributed by atoms with van der Waals surface area (Å²) >= 11 is 5.70. The summed E-state index contributed by atoms with van der Waals surface area (Å²) in [5.41, 5.74) is 0.661. The van der Waals surface area contributed by atoms with Crippen molar-refractivity contribution in [3.63, 3.8) is 0 Å². The number of H-pyrrole nitrogens is 1. The Hall–Kier alpha value is -1.86. The largest absolute Gasteiger partial charge is 0.328 e. The van der Waals surface area contributed by atoms with Crippen molar-refractivity contribution in [2.45, 2.75) is 0 Å². The Morgan fingerprint density at radius 2 is 2.27 bits per heavy atom. The Morgan fingerprint density at radius 3 is 2.87 bits per heavy atom. The molecule has 0 aliphatic carbocycles. The molecule has 0 amide bonds. The molecule has 0 atom stereocenters. The maximum absolute atomic E-state index is 12.9. The van der Waals surface area contributed by atoms with Crippen LogP contribution in [0.25, 0.3) is 11.4 Å². The molecule has 0 radical (unpaired) electrons. The molecular formula is C10H5ClFN3. The van der Waals surface area contributed by atoms with Gasteiger partial charge in [0.1, 0.15) is 22.9 Å². The first-order valence-corrected chi connectivity index (χ1v) is 4.50. The van der Waals surface area contributed by atoms with E-state index in [0.717, 1.165) is 0 Å². The van der Waals surface area contributed by atoms with E-state index >= 15 is 0 Å². The normalized spacial score (nSPS) is 9.93. The van der Waals surface area contributed by atoms with Gasteiger partial charge in [0.2, 0.25) is 0 Å². The Morgan fingerprint density at radius 1 is 1.47 bits per heavy atom. The van der Waals surface area contributed by atoms with Gasteiger partial charge in [-0.2, -0.15) is 5.26 Å². The maximum atomic E-state index is 12.9. The van der Waals surface area contributed by atoms with E-state index < -0.39 is 0 Å². The summed E-state index contributed by atoms with van der Waals surface area (Å²) < 4.78 is 12.9. The van der Waals surface area contributed by atoms with E-state index in [1.54, 1.807) is 12.1 Å². The van der Waals surface area contributed by atoms with Crippen molar-refractivity contribution in [3.05, 3.63) is 40.9 Å². The van der Waals surface area contributed by atoms with Crippen molar-refractivity contribution in [2.75, 3.05) is 0 Å². The molecule has 5 heteroatoms. The summed E-state index contributed by atoms with van der Waals surface area (Å²) in [5, 5.41) is 8.81. The van der Waals surface area contributed by atoms with Crippen molar-refractivity contribution in [1.29, 1.82) is 5.26 Å². The summed E-state index contributed by atoms with van der Waals surface area (Å²) in [5.74, 6) is 0.0228. The molecule has 1 heterocycles. The van der Waals surface area contributed by atoms with Crippen LogP contribution in [0.1, 0.15) is 5.69 Å². The average molecular weight is 222 g/mol. The highest BCUT2D eigenvalue weighted by Crippen LogP contribution is 2.21. The number of aromatic amines is 1. The van der Waals surface area contributed by atoms with Crippen LogP contribution in [-0.4, -0.2) is 9.97 Å². The fourth-order valence-corrected chi connectivity index (χ4v) is 1.37. The lowest BCUT2D eigenvalue weighted by atomic mass is 10.2. The molecule has 15 heavy (non-hydrogen) atoms. The first-order chi connectivity index (χ1) is 7.20. The summed E-state index contributed by atoms with van der Waals surface area (Å²) in [4.78, 5) is 6.63. The number of rotatable bonds is 1. The zero-order chi connectivity index (χ0) is 10.8. The SMILES string of the molecule is N#Cc1nc(-c2cccc(F)c2)[nH]c1Cl. The zero-order valence-corrected chi connectivity index (χ0v) is 8.22. The standard InChI is InChI=1S/C10H5ClFN3/c11-9-8(5-13)14-10(15-9)6-2-1-3-7(12)4-6/h1-4H,(H,14,15). The van der Waals surface area contributed by atoms with E-state index in [-0.39, 0.29) is 16.7 Å². The summed E-state index contributed by atoms with van der Waals surface area (Å²) in [6.07, 6.45) is 0. The van der Waals surface area contributed by atoms with E-state index in [1.165, 1.54) is 12.1 Å². The molecule has 0 bridgehead atoms. The van der Waals surface area contributed by atoms with Gasteiger partial charge < -0.3 is 4.98 Å². The Bertz CT molecular complexity index is 542. The number of imidazole rings is 1. The molecule has 1 aromatic carbocycles. The smallest absolute Gasteiger partial charge is 0.178 e. The van der Waals surface area contributed by atoms with Crippen LogP contribution in [0.4, 0.5) is 4.39 Å². The van der Waals surface area contributed by atoms with E-state index in [2.05, 4.69) is 9.97 Å². The van der Waals surface area contributed by atoms with E-state index in [4.69, 9.17) is 16.9 Å². The van der Waals surface area contributed by atoms with Crippen LogP contribution in [-0.2, 0) is 0 Å². The molecule has 74 valence electrons. The number of halogens is 2. The lowest BCUT2D eigenvalue weighted by molar-refractivity contribution is 0.628. The van der Waals surface area contributed by atoms with Crippen molar-refractivity contribution in [3.8, 4) is 17.5 Å². The fraction of sp³-hybridized carbons (Fsp3) is 0. The van der Waals surface area contributed by atoms with Gasteiger partial charge in [0.25, 0.3) is 0 Å². The minimum atomic E-state index is -0.362. The van der Waals surface area contributed by atoms with E-state index in [1.807, 2.05) is 6.07 Å². The molecule has 0 saturated heterocycles. The fourth-order valence-electron chi connectivity index (χ4n) is 1.20. The zero-order valence-electron chi connectivity index (χ0n) is 7.46. The van der Waals surface area contributed by atoms with Gasteiger partial charge in [-0.25, -0.2) is 9.37 Å². The molecule has 0 saturated carbocycles. The van der Waals surface area contributed by atoms with Crippen LogP contribution in [0.15, 0.2) is 24.3 Å². The Labute approximate surface area is 90.1 Å². The summed E-state index contributed by atoms with van der Waals surface area (Å²) in [7, 11) is 0. The van der Waals surface area contributed by atoms with Crippen molar-refractivity contribution < 1.29 is 4.39 Å². The quantitative estimate of drug-likeness (QED) is 0.805. The van der Waals surface area contributed by atoms with Crippen molar-refractivity contribution in [2.24, 2.45) is 0 Å². The predicted octanol–water partition coefficient (Wildman–Crippen LogP) is 2.74. The number of hydrogen-bond donors (Lipinski definition) is 1. The molecular weight excluding hydrogens is 217 g/mol. The topological polar surface area (TPSA) is 52.5 Å². The predicted molar refractivity (Wildman–Crippen MR) is 53.7 cm³/mol. The molecule has 0 fully saturated rings. The molecule has 0 spiro atoms. The molecule has 2 rings (SSSR count). The van der Waals surface area contributed by atoms with Crippen LogP contribution in [0.5, 0.6) is 0 Å². The monoisotopic (exact) mass is 221 g/mol. The molecule has 2 aromatic rings. The third-order valence-electron chi connectivity index (χ3n) is 1.86. The van der Waals surface area contributed by atoms with Crippen molar-refractivity contribution in [1.82, 2.24) is 9.97 Å². The highest BCUT2D eigenvalue weighted by molar-refractivity contribution is 6.30. The van der Waals surface area contributed by atoms with Gasteiger partial charge >= 0.3 is 0 Å². The number of aromatic nitrogens is 2. The van der Waals surface area contributed by atoms with Gasteiger partial charge in [-0.15, -0.1) is 0 Å². The van der Waals surface area contributed by atoms with Crippen LogP contribution < -0.4 is 0 Å². The molecule has 3 nitrogen and oxygen atoms in total. The van der Waals surface area contributed by atoms with Gasteiger partial charge in [-0.1, -0.05) is 23.7 Å². The number of hydrogen-bond acceptors (Lipinski definition) is 2. The maximum Gasteiger partial charge on any atom is 0.178 e. The summed E-state index contributed by atoms with van der Waals surface area (Å²) in [6, 6.07) is 7.72. The van der Waals surface area contributed by atoms with Gasteiger partial charge in [0.05, 0.1) is 0 Å². The summed E-state index contributed by atoms with van der Waals surface area (Å²) in [6.45, 7) is 0. The van der Waals surface area contributed by atoms with Crippen LogP contribution in [0.2, 0.25) is 5.15 Å². The average Bonchev–Trinajstić information content (AvgIpc) is 2.60. The van der Waals surface area contributed by atoms with Crippen LogP contribution in [0.3, 0.4) is 0 Å². The Kier molecular flexibility index (Phi) is 2.40. The third-order valence-corrected chi connectivity index (χ3v) is 2.14. The van der Waals surface area contributed by atoms with Crippen LogP contribution in [0, 0.1) is 17.1 Å². The number of nitrogens with one attached hydrogen (secondary N) is 1. The highest BCUT2D eigenvalue weighted by atomic mass is 35.5. The lowest BCUT2D eigenvalue weighted by Crippen LogP contribution is -1.82. The molecule has 0 aliphatic heterocycles. The molecule has 0 unspecified atom stereocenters. The first-order valence-electron chi connectivity index (χ1n) is 4.12. The molecule has 0 aliphatic rings. The Balaban J connectivity index is 2.51. The second-order valence-electron chi connectivity index (χ2n) is 2.87. The minimum absolute atomic E-state index is 0.107. The third kappa shape index (κ3) is 1.83. The van der Waals surface area contributed by atoms with Crippen molar-refractivity contribution >= 4 is 11.6 Å². The number of nitriles is 1.